The molecule has 7 heteroatoms. The van der Waals surface area contributed by atoms with Crippen molar-refractivity contribution < 1.29 is 18.3 Å². The zero-order valence-corrected chi connectivity index (χ0v) is 12.2. The molecular formula is C13H12BrFN2O3. The molecule has 1 heterocycles. The molecule has 2 rings (SSSR count). The van der Waals surface area contributed by atoms with Gasteiger partial charge in [0.1, 0.15) is 12.1 Å². The lowest BCUT2D eigenvalue weighted by Crippen LogP contribution is -2.06. The Bertz CT molecular complexity index is 615. The van der Waals surface area contributed by atoms with Gasteiger partial charge in [-0.1, -0.05) is 15.9 Å². The fraction of sp³-hybridized carbons (Fsp3) is 0.231. The number of halogens is 2. The summed E-state index contributed by atoms with van der Waals surface area (Å²) in [5.74, 6) is -0.893. The van der Waals surface area contributed by atoms with Gasteiger partial charge < -0.3 is 14.5 Å². The number of carbonyl (C=O) groups is 1. The monoisotopic (exact) mass is 342 g/mol. The molecule has 0 unspecified atom stereocenters. The molecule has 1 aromatic carbocycles. The summed E-state index contributed by atoms with van der Waals surface area (Å²) < 4.78 is 24.1. The predicted octanol–water partition coefficient (Wildman–Crippen LogP) is 3.37. The summed E-state index contributed by atoms with van der Waals surface area (Å²) in [6.07, 6.45) is 1.19. The Morgan fingerprint density at radius 2 is 2.35 bits per heavy atom. The van der Waals surface area contributed by atoms with Gasteiger partial charge in [-0.05, 0) is 25.1 Å². The van der Waals surface area contributed by atoms with Gasteiger partial charge >= 0.3 is 5.97 Å². The first-order valence-corrected chi connectivity index (χ1v) is 6.70. The number of nitrogens with zero attached hydrogens (tertiary/aromatic N) is 1. The summed E-state index contributed by atoms with van der Waals surface area (Å²) >= 11 is 3.27. The molecule has 1 N–H and O–H groups in total. The maximum atomic E-state index is 13.5. The van der Waals surface area contributed by atoms with Gasteiger partial charge in [-0.25, -0.2) is 9.18 Å². The number of carbonyl (C=O) groups excluding carboxylic acids is 1. The highest BCUT2D eigenvalue weighted by atomic mass is 79.9. The second-order valence-electron chi connectivity index (χ2n) is 3.85. The molecule has 0 aliphatic rings. The summed E-state index contributed by atoms with van der Waals surface area (Å²) in [7, 11) is 0. The minimum atomic E-state index is -0.557. The number of rotatable bonds is 5. The average Bonchev–Trinajstić information content (AvgIpc) is 2.89. The zero-order chi connectivity index (χ0) is 14.5. The molecule has 0 radical (unpaired) electrons. The van der Waals surface area contributed by atoms with E-state index in [9.17, 15) is 9.18 Å². The molecule has 2 aromatic rings. The van der Waals surface area contributed by atoms with Crippen molar-refractivity contribution >= 4 is 27.9 Å². The number of benzene rings is 1. The number of anilines is 1. The number of nitrogens with one attached hydrogen (secondary N) is 1. The Morgan fingerprint density at radius 3 is 3.10 bits per heavy atom. The lowest BCUT2D eigenvalue weighted by atomic mass is 10.2. The smallest absolute Gasteiger partial charge is 0.360 e. The van der Waals surface area contributed by atoms with Gasteiger partial charge in [0.25, 0.3) is 6.01 Å². The van der Waals surface area contributed by atoms with Crippen LogP contribution in [-0.4, -0.2) is 17.6 Å². The first kappa shape index (κ1) is 14.5. The number of aromatic nitrogens is 1. The highest BCUT2D eigenvalue weighted by Gasteiger charge is 2.13. The van der Waals surface area contributed by atoms with Crippen LogP contribution in [0.15, 0.2) is 33.4 Å². The van der Waals surface area contributed by atoms with E-state index in [2.05, 4.69) is 26.2 Å². The normalized spacial score (nSPS) is 10.3. The van der Waals surface area contributed by atoms with Crippen LogP contribution in [-0.2, 0) is 11.3 Å². The molecule has 5 nitrogen and oxygen atoms in total. The third kappa shape index (κ3) is 3.57. The van der Waals surface area contributed by atoms with E-state index in [4.69, 9.17) is 9.15 Å². The number of oxazole rings is 1. The van der Waals surface area contributed by atoms with E-state index in [1.807, 2.05) is 0 Å². The van der Waals surface area contributed by atoms with Gasteiger partial charge in [-0.3, -0.25) is 0 Å². The lowest BCUT2D eigenvalue weighted by molar-refractivity contribution is 0.0519. The van der Waals surface area contributed by atoms with Gasteiger partial charge in [-0.2, -0.15) is 4.98 Å². The molecule has 0 bridgehead atoms. The minimum absolute atomic E-state index is 0.0732. The van der Waals surface area contributed by atoms with Crippen LogP contribution in [0.5, 0.6) is 0 Å². The quantitative estimate of drug-likeness (QED) is 0.844. The van der Waals surface area contributed by atoms with Gasteiger partial charge in [0.05, 0.1) is 6.61 Å². The molecule has 0 amide bonds. The summed E-state index contributed by atoms with van der Waals surface area (Å²) in [5, 5.41) is 2.80. The number of hydrogen-bond acceptors (Lipinski definition) is 5. The van der Waals surface area contributed by atoms with Crippen molar-refractivity contribution in [3.05, 3.63) is 46.0 Å². The van der Waals surface area contributed by atoms with E-state index in [0.717, 1.165) is 4.47 Å². The molecule has 0 aliphatic carbocycles. The van der Waals surface area contributed by atoms with Gasteiger partial charge in [0.15, 0.2) is 5.69 Å². The van der Waals surface area contributed by atoms with E-state index in [0.29, 0.717) is 5.56 Å². The van der Waals surface area contributed by atoms with Crippen LogP contribution in [0.4, 0.5) is 10.4 Å². The largest absolute Gasteiger partial charge is 0.461 e. The van der Waals surface area contributed by atoms with Crippen LogP contribution in [0.3, 0.4) is 0 Å². The van der Waals surface area contributed by atoms with Crippen molar-refractivity contribution in [2.45, 2.75) is 13.5 Å². The second kappa shape index (κ2) is 6.51. The van der Waals surface area contributed by atoms with E-state index >= 15 is 0 Å². The average molecular weight is 343 g/mol. The first-order chi connectivity index (χ1) is 9.60. The zero-order valence-electron chi connectivity index (χ0n) is 10.7. The fourth-order valence-electron chi connectivity index (χ4n) is 1.50. The maximum absolute atomic E-state index is 13.5. The topological polar surface area (TPSA) is 64.4 Å². The molecule has 0 fully saturated rings. The molecule has 0 atom stereocenters. The Labute approximate surface area is 123 Å². The van der Waals surface area contributed by atoms with Gasteiger partial charge in [-0.15, -0.1) is 0 Å². The number of ether oxygens (including phenoxy) is 1. The fourth-order valence-corrected chi connectivity index (χ4v) is 1.91. The van der Waals surface area contributed by atoms with Crippen LogP contribution in [0.2, 0.25) is 0 Å². The van der Waals surface area contributed by atoms with Crippen LogP contribution < -0.4 is 5.32 Å². The van der Waals surface area contributed by atoms with Crippen molar-refractivity contribution in [3.8, 4) is 0 Å². The Balaban J connectivity index is 2.01. The third-order valence-corrected chi connectivity index (χ3v) is 2.92. The Hall–Kier alpha value is -1.89. The second-order valence-corrected chi connectivity index (χ2v) is 4.76. The van der Waals surface area contributed by atoms with Crippen molar-refractivity contribution in [1.82, 2.24) is 4.98 Å². The van der Waals surface area contributed by atoms with E-state index in [1.165, 1.54) is 12.3 Å². The third-order valence-electron chi connectivity index (χ3n) is 2.43. The van der Waals surface area contributed by atoms with E-state index in [-0.39, 0.29) is 30.7 Å². The maximum Gasteiger partial charge on any atom is 0.360 e. The summed E-state index contributed by atoms with van der Waals surface area (Å²) in [6.45, 7) is 2.15. The van der Waals surface area contributed by atoms with Crippen molar-refractivity contribution in [1.29, 1.82) is 0 Å². The van der Waals surface area contributed by atoms with Gasteiger partial charge in [0.2, 0.25) is 0 Å². The number of hydrogen-bond donors (Lipinski definition) is 1. The highest BCUT2D eigenvalue weighted by Crippen LogP contribution is 2.17. The van der Waals surface area contributed by atoms with Crippen LogP contribution >= 0.6 is 15.9 Å². The van der Waals surface area contributed by atoms with Crippen molar-refractivity contribution in [2.24, 2.45) is 0 Å². The molecule has 20 heavy (non-hydrogen) atoms. The number of esters is 1. The summed E-state index contributed by atoms with van der Waals surface area (Å²) in [6, 6.07) is 4.76. The molecule has 0 spiro atoms. The summed E-state index contributed by atoms with van der Waals surface area (Å²) in [5.41, 5.74) is 0.527. The lowest BCUT2D eigenvalue weighted by Gasteiger charge is -2.04. The molecule has 0 aliphatic heterocycles. The molecule has 0 saturated heterocycles. The summed E-state index contributed by atoms with van der Waals surface area (Å²) in [4.78, 5) is 15.3. The Kier molecular flexibility index (Phi) is 4.73. The van der Waals surface area contributed by atoms with Crippen molar-refractivity contribution in [3.63, 3.8) is 0 Å². The first-order valence-electron chi connectivity index (χ1n) is 5.90. The predicted molar refractivity (Wildman–Crippen MR) is 73.9 cm³/mol. The minimum Gasteiger partial charge on any atom is -0.461 e. The molecule has 0 saturated carbocycles. The van der Waals surface area contributed by atoms with E-state index in [1.54, 1.807) is 19.1 Å². The van der Waals surface area contributed by atoms with Crippen LogP contribution in [0.25, 0.3) is 0 Å². The molecule has 1 aromatic heterocycles. The standard InChI is InChI=1S/C13H12BrFN2O3/c1-2-19-12(18)11-7-20-13(17-11)16-6-8-5-9(14)3-4-10(8)15/h3-5,7H,2,6H2,1H3,(H,16,17). The molecule has 106 valence electrons. The highest BCUT2D eigenvalue weighted by molar-refractivity contribution is 9.10. The van der Waals surface area contributed by atoms with Crippen molar-refractivity contribution in [2.75, 3.05) is 11.9 Å². The van der Waals surface area contributed by atoms with Gasteiger partial charge in [0, 0.05) is 16.6 Å². The van der Waals surface area contributed by atoms with Crippen LogP contribution in [0.1, 0.15) is 23.0 Å². The van der Waals surface area contributed by atoms with Crippen LogP contribution in [0, 0.1) is 5.82 Å². The van der Waals surface area contributed by atoms with E-state index < -0.39 is 5.97 Å². The molecular weight excluding hydrogens is 331 g/mol. The Morgan fingerprint density at radius 1 is 1.55 bits per heavy atom. The SMILES string of the molecule is CCOC(=O)c1coc(NCc2cc(Br)ccc2F)n1.